The fourth-order valence-corrected chi connectivity index (χ4v) is 1.11. The highest BCUT2D eigenvalue weighted by molar-refractivity contribution is 6.37. The molecule has 0 aliphatic rings. The molecular formula is C6H8Cl4N2. The van der Waals surface area contributed by atoms with Crippen LogP contribution in [0.15, 0.2) is 12.1 Å². The van der Waals surface area contributed by atoms with Gasteiger partial charge < -0.3 is 11.5 Å². The van der Waals surface area contributed by atoms with E-state index < -0.39 is 0 Å². The van der Waals surface area contributed by atoms with Crippen LogP contribution in [-0.2, 0) is 0 Å². The molecule has 12 heavy (non-hydrogen) atoms. The Kier molecular flexibility index (Phi) is 6.76. The zero-order valence-corrected chi connectivity index (χ0v) is 9.03. The van der Waals surface area contributed by atoms with Crippen molar-refractivity contribution in [3.63, 3.8) is 0 Å². The van der Waals surface area contributed by atoms with Crippen LogP contribution in [0.5, 0.6) is 0 Å². The van der Waals surface area contributed by atoms with Crippen LogP contribution in [0.4, 0.5) is 11.4 Å². The van der Waals surface area contributed by atoms with E-state index in [0.717, 1.165) is 0 Å². The van der Waals surface area contributed by atoms with E-state index in [-0.39, 0.29) is 24.8 Å². The molecule has 0 aromatic heterocycles. The van der Waals surface area contributed by atoms with Crippen LogP contribution in [0.3, 0.4) is 0 Å². The van der Waals surface area contributed by atoms with E-state index in [4.69, 9.17) is 34.7 Å². The Morgan fingerprint density at radius 3 is 1.92 bits per heavy atom. The van der Waals surface area contributed by atoms with E-state index in [9.17, 15) is 0 Å². The number of nitrogens with two attached hydrogens (primary N) is 2. The quantitative estimate of drug-likeness (QED) is 0.695. The summed E-state index contributed by atoms with van der Waals surface area (Å²) in [5.41, 5.74) is 11.7. The first-order chi connectivity index (χ1) is 4.61. The highest BCUT2D eigenvalue weighted by Crippen LogP contribution is 2.28. The van der Waals surface area contributed by atoms with Crippen molar-refractivity contribution in [2.75, 3.05) is 11.5 Å². The molecule has 0 spiro atoms. The predicted molar refractivity (Wildman–Crippen MR) is 59.8 cm³/mol. The molecule has 0 unspecified atom stereocenters. The number of hydrogen-bond donors (Lipinski definition) is 2. The second kappa shape index (κ2) is 5.60. The number of nitrogen functional groups attached to an aromatic ring is 2. The largest absolute Gasteiger partial charge is 0.397 e. The molecule has 0 amide bonds. The summed E-state index contributed by atoms with van der Waals surface area (Å²) >= 11 is 11.2. The van der Waals surface area contributed by atoms with Gasteiger partial charge in [0.25, 0.3) is 0 Å². The zero-order valence-electron chi connectivity index (χ0n) is 5.88. The van der Waals surface area contributed by atoms with Gasteiger partial charge in [0, 0.05) is 5.02 Å². The molecule has 1 rings (SSSR count). The highest BCUT2D eigenvalue weighted by atomic mass is 35.5. The van der Waals surface area contributed by atoms with Crippen molar-refractivity contribution in [1.82, 2.24) is 0 Å². The zero-order chi connectivity index (χ0) is 7.72. The van der Waals surface area contributed by atoms with Gasteiger partial charge >= 0.3 is 0 Å². The molecule has 0 aliphatic heterocycles. The van der Waals surface area contributed by atoms with Gasteiger partial charge in [0.05, 0.1) is 16.4 Å². The van der Waals surface area contributed by atoms with Crippen LogP contribution < -0.4 is 11.5 Å². The summed E-state index contributed by atoms with van der Waals surface area (Å²) in [6, 6.07) is 3.11. The van der Waals surface area contributed by atoms with Crippen molar-refractivity contribution in [2.24, 2.45) is 0 Å². The minimum atomic E-state index is 0. The number of anilines is 2. The van der Waals surface area contributed by atoms with Crippen molar-refractivity contribution in [3.05, 3.63) is 22.2 Å². The van der Waals surface area contributed by atoms with Gasteiger partial charge in [0.15, 0.2) is 0 Å². The summed E-state index contributed by atoms with van der Waals surface area (Å²) in [5.74, 6) is 0. The minimum absolute atomic E-state index is 0. The third-order valence-electron chi connectivity index (χ3n) is 1.13. The third kappa shape index (κ3) is 3.15. The lowest BCUT2D eigenvalue weighted by Crippen LogP contribution is -1.94. The maximum Gasteiger partial charge on any atom is 0.0738 e. The fraction of sp³-hybridized carbons (Fsp3) is 0. The van der Waals surface area contributed by atoms with Crippen molar-refractivity contribution in [3.8, 4) is 0 Å². The maximum atomic E-state index is 5.63. The molecule has 4 N–H and O–H groups in total. The van der Waals surface area contributed by atoms with Crippen LogP contribution in [0.1, 0.15) is 0 Å². The molecule has 2 nitrogen and oxygen atoms in total. The van der Waals surface area contributed by atoms with Crippen LogP contribution in [-0.4, -0.2) is 0 Å². The summed E-state index contributed by atoms with van der Waals surface area (Å²) in [6.07, 6.45) is 0. The summed E-state index contributed by atoms with van der Waals surface area (Å²) in [5, 5.41) is 0.890. The average molecular weight is 250 g/mol. The molecule has 1 aromatic carbocycles. The maximum absolute atomic E-state index is 5.63. The Bertz CT molecular complexity index is 241. The van der Waals surface area contributed by atoms with Crippen LogP contribution in [0.2, 0.25) is 10.0 Å². The third-order valence-corrected chi connectivity index (χ3v) is 1.66. The summed E-state index contributed by atoms with van der Waals surface area (Å²) < 4.78 is 0. The van der Waals surface area contributed by atoms with Crippen molar-refractivity contribution in [1.29, 1.82) is 0 Å². The standard InChI is InChI=1S/C6H6Cl2N2.2ClH/c7-3-1-4(8)6(10)5(9)2-3;;/h1-2H,9-10H2;2*1H. The first-order valence-corrected chi connectivity index (χ1v) is 3.37. The molecule has 0 heterocycles. The van der Waals surface area contributed by atoms with Gasteiger partial charge in [-0.25, -0.2) is 0 Å². The van der Waals surface area contributed by atoms with E-state index in [0.29, 0.717) is 21.4 Å². The number of rotatable bonds is 0. The van der Waals surface area contributed by atoms with Crippen molar-refractivity contribution in [2.45, 2.75) is 0 Å². The van der Waals surface area contributed by atoms with Gasteiger partial charge in [0.2, 0.25) is 0 Å². The van der Waals surface area contributed by atoms with E-state index >= 15 is 0 Å². The molecule has 0 saturated heterocycles. The normalized spacial score (nSPS) is 8.17. The second-order valence-electron chi connectivity index (χ2n) is 1.89. The van der Waals surface area contributed by atoms with E-state index in [1.54, 1.807) is 12.1 Å². The Labute approximate surface area is 93.0 Å². The van der Waals surface area contributed by atoms with Gasteiger partial charge in [-0.3, -0.25) is 0 Å². The molecule has 0 aliphatic carbocycles. The predicted octanol–water partition coefficient (Wildman–Crippen LogP) is 3.00. The topological polar surface area (TPSA) is 52.0 Å². The first-order valence-electron chi connectivity index (χ1n) is 2.61. The van der Waals surface area contributed by atoms with Crippen LogP contribution in [0, 0.1) is 0 Å². The average Bonchev–Trinajstić information content (AvgIpc) is 1.82. The molecule has 1 aromatic rings. The summed E-state index contributed by atoms with van der Waals surface area (Å²) in [6.45, 7) is 0. The lowest BCUT2D eigenvalue weighted by Gasteiger charge is -2.01. The van der Waals surface area contributed by atoms with E-state index in [1.807, 2.05) is 0 Å². The molecule has 0 bridgehead atoms. The Balaban J connectivity index is 0. The second-order valence-corrected chi connectivity index (χ2v) is 2.73. The first kappa shape index (κ1) is 14.5. The van der Waals surface area contributed by atoms with Crippen LogP contribution in [0.25, 0.3) is 0 Å². The monoisotopic (exact) mass is 248 g/mol. The van der Waals surface area contributed by atoms with Crippen LogP contribution >= 0.6 is 48.0 Å². The molecule has 0 saturated carbocycles. The molecule has 0 atom stereocenters. The lowest BCUT2D eigenvalue weighted by molar-refractivity contribution is 1.66. The molecule has 6 heteroatoms. The Morgan fingerprint density at radius 1 is 1.00 bits per heavy atom. The smallest absolute Gasteiger partial charge is 0.0738 e. The van der Waals surface area contributed by atoms with Crippen molar-refractivity contribution >= 4 is 59.4 Å². The SMILES string of the molecule is Cl.Cl.Nc1cc(Cl)cc(Cl)c1N. The summed E-state index contributed by atoms with van der Waals surface area (Å²) in [7, 11) is 0. The Morgan fingerprint density at radius 2 is 1.50 bits per heavy atom. The lowest BCUT2D eigenvalue weighted by atomic mass is 10.3. The molecular weight excluding hydrogens is 242 g/mol. The summed E-state index contributed by atoms with van der Waals surface area (Å²) in [4.78, 5) is 0. The Hall–Kier alpha value is -0.0200. The molecule has 0 fully saturated rings. The van der Waals surface area contributed by atoms with Gasteiger partial charge in [0.1, 0.15) is 0 Å². The fourth-order valence-electron chi connectivity index (χ4n) is 0.605. The number of halogens is 4. The van der Waals surface area contributed by atoms with Gasteiger partial charge in [-0.1, -0.05) is 23.2 Å². The number of hydrogen-bond acceptors (Lipinski definition) is 2. The number of benzene rings is 1. The highest BCUT2D eigenvalue weighted by Gasteiger charge is 2.00. The molecule has 70 valence electrons. The van der Waals surface area contributed by atoms with Gasteiger partial charge in [-0.2, -0.15) is 0 Å². The van der Waals surface area contributed by atoms with E-state index in [2.05, 4.69) is 0 Å². The van der Waals surface area contributed by atoms with Crippen molar-refractivity contribution < 1.29 is 0 Å². The minimum Gasteiger partial charge on any atom is -0.397 e. The van der Waals surface area contributed by atoms with E-state index in [1.165, 1.54) is 0 Å². The molecule has 0 radical (unpaired) electrons. The van der Waals surface area contributed by atoms with Gasteiger partial charge in [-0.05, 0) is 12.1 Å². The van der Waals surface area contributed by atoms with Gasteiger partial charge in [-0.15, -0.1) is 24.8 Å².